The lowest BCUT2D eigenvalue weighted by Gasteiger charge is -2.14. The highest BCUT2D eigenvalue weighted by Gasteiger charge is 2.19. The number of carboxylic acids is 1. The molecule has 21 heavy (non-hydrogen) atoms. The smallest absolute Gasteiger partial charge is 0.341 e. The number of hydrogen-bond acceptors (Lipinski definition) is 7. The van der Waals surface area contributed by atoms with Gasteiger partial charge in [0.1, 0.15) is 6.04 Å². The van der Waals surface area contributed by atoms with Crippen LogP contribution < -0.4 is 5.32 Å². The number of ether oxygens (including phenoxy) is 2. The van der Waals surface area contributed by atoms with E-state index in [1.165, 1.54) is 13.3 Å². The summed E-state index contributed by atoms with van der Waals surface area (Å²) in [6.45, 7) is 3.89. The summed E-state index contributed by atoms with van der Waals surface area (Å²) >= 11 is 0. The Morgan fingerprint density at radius 1 is 1.48 bits per heavy atom. The van der Waals surface area contributed by atoms with Gasteiger partial charge in [-0.1, -0.05) is 0 Å². The second-order valence-electron chi connectivity index (χ2n) is 4.23. The Kier molecular flexibility index (Phi) is 6.54. The van der Waals surface area contributed by atoms with Crippen LogP contribution in [0.15, 0.2) is 6.20 Å². The summed E-state index contributed by atoms with van der Waals surface area (Å²) in [5.41, 5.74) is 0.674. The number of nitrogens with one attached hydrogen (secondary N) is 1. The van der Waals surface area contributed by atoms with Crippen LogP contribution in [0, 0.1) is 6.92 Å². The minimum atomic E-state index is -1.03. The molecule has 0 aromatic carbocycles. The lowest BCUT2D eigenvalue weighted by molar-refractivity contribution is -0.138. The first-order valence-corrected chi connectivity index (χ1v) is 6.48. The van der Waals surface area contributed by atoms with Gasteiger partial charge in [0.15, 0.2) is 0 Å². The van der Waals surface area contributed by atoms with Gasteiger partial charge in [-0.05, 0) is 13.8 Å². The Hall–Kier alpha value is -2.22. The van der Waals surface area contributed by atoms with Crippen molar-refractivity contribution in [2.24, 2.45) is 0 Å². The van der Waals surface area contributed by atoms with Crippen molar-refractivity contribution in [1.29, 1.82) is 0 Å². The van der Waals surface area contributed by atoms with Crippen molar-refractivity contribution in [2.75, 3.05) is 25.6 Å². The van der Waals surface area contributed by atoms with Gasteiger partial charge in [-0.2, -0.15) is 0 Å². The molecule has 0 spiro atoms. The molecule has 1 heterocycles. The summed E-state index contributed by atoms with van der Waals surface area (Å²) in [4.78, 5) is 30.7. The minimum absolute atomic E-state index is 0.143. The lowest BCUT2D eigenvalue weighted by Crippen LogP contribution is -2.31. The molecule has 0 aliphatic carbocycles. The van der Waals surface area contributed by atoms with Crippen LogP contribution in [-0.4, -0.2) is 53.4 Å². The number of carboxylic acid groups (broad SMARTS) is 1. The Morgan fingerprint density at radius 2 is 2.19 bits per heavy atom. The van der Waals surface area contributed by atoms with Crippen molar-refractivity contribution < 1.29 is 24.2 Å². The number of rotatable bonds is 8. The predicted octanol–water partition coefficient (Wildman–Crippen LogP) is 0.863. The molecule has 116 valence electrons. The molecule has 0 fully saturated rings. The van der Waals surface area contributed by atoms with Crippen molar-refractivity contribution in [1.82, 2.24) is 9.97 Å². The molecule has 0 bridgehead atoms. The minimum Gasteiger partial charge on any atom is -0.480 e. The third-order valence-electron chi connectivity index (χ3n) is 2.69. The van der Waals surface area contributed by atoms with Crippen LogP contribution in [0.3, 0.4) is 0 Å². The molecule has 1 aromatic rings. The molecule has 0 saturated heterocycles. The molecule has 8 heteroatoms. The number of hydrogen-bond donors (Lipinski definition) is 2. The number of aliphatic carboxylic acids is 1. The van der Waals surface area contributed by atoms with Crippen LogP contribution in [-0.2, 0) is 14.3 Å². The highest BCUT2D eigenvalue weighted by molar-refractivity contribution is 5.90. The summed E-state index contributed by atoms with van der Waals surface area (Å²) in [5, 5.41) is 11.8. The summed E-state index contributed by atoms with van der Waals surface area (Å²) in [7, 11) is 1.49. The van der Waals surface area contributed by atoms with E-state index >= 15 is 0 Å². The fourth-order valence-corrected chi connectivity index (χ4v) is 1.59. The van der Waals surface area contributed by atoms with E-state index in [2.05, 4.69) is 15.3 Å². The van der Waals surface area contributed by atoms with Crippen LogP contribution in [0.5, 0.6) is 0 Å². The van der Waals surface area contributed by atoms with Crippen molar-refractivity contribution in [3.8, 4) is 0 Å². The Morgan fingerprint density at radius 3 is 2.71 bits per heavy atom. The lowest BCUT2D eigenvalue weighted by atomic mass is 10.2. The molecule has 1 aromatic heterocycles. The number of carbonyl (C=O) groups is 2. The van der Waals surface area contributed by atoms with Crippen LogP contribution in [0.4, 0.5) is 5.95 Å². The monoisotopic (exact) mass is 297 g/mol. The van der Waals surface area contributed by atoms with E-state index < -0.39 is 18.0 Å². The normalized spacial score (nSPS) is 11.8. The molecule has 0 saturated carbocycles. The highest BCUT2D eigenvalue weighted by Crippen LogP contribution is 2.10. The van der Waals surface area contributed by atoms with E-state index in [0.717, 1.165) is 0 Å². The molecule has 8 nitrogen and oxygen atoms in total. The Labute approximate surface area is 122 Å². The SMILES string of the molecule is CCOC(=O)c1cnc(NC(CCOC)C(=O)O)nc1C. The van der Waals surface area contributed by atoms with Crippen molar-refractivity contribution in [2.45, 2.75) is 26.3 Å². The molecule has 0 aliphatic rings. The zero-order valence-electron chi connectivity index (χ0n) is 12.3. The number of carbonyl (C=O) groups excluding carboxylic acids is 1. The largest absolute Gasteiger partial charge is 0.480 e. The average molecular weight is 297 g/mol. The third kappa shape index (κ3) is 4.99. The second kappa shape index (κ2) is 8.15. The first-order chi connectivity index (χ1) is 9.99. The van der Waals surface area contributed by atoms with Crippen molar-refractivity contribution in [3.63, 3.8) is 0 Å². The van der Waals surface area contributed by atoms with Gasteiger partial charge in [0.2, 0.25) is 5.95 Å². The number of aryl methyl sites for hydroxylation is 1. The molecule has 0 aliphatic heterocycles. The van der Waals surface area contributed by atoms with E-state index in [1.54, 1.807) is 13.8 Å². The quantitative estimate of drug-likeness (QED) is 0.680. The molecule has 1 atom stereocenters. The Balaban J connectivity index is 2.82. The molecule has 1 unspecified atom stereocenters. The van der Waals surface area contributed by atoms with Crippen molar-refractivity contribution >= 4 is 17.9 Å². The fraction of sp³-hybridized carbons (Fsp3) is 0.538. The zero-order valence-corrected chi connectivity index (χ0v) is 12.3. The maximum atomic E-state index is 11.6. The molecule has 0 amide bonds. The summed E-state index contributed by atoms with van der Waals surface area (Å²) in [6.07, 6.45) is 1.59. The van der Waals surface area contributed by atoms with Gasteiger partial charge in [-0.25, -0.2) is 19.6 Å². The fourth-order valence-electron chi connectivity index (χ4n) is 1.59. The van der Waals surface area contributed by atoms with Gasteiger partial charge < -0.3 is 19.9 Å². The second-order valence-corrected chi connectivity index (χ2v) is 4.23. The van der Waals surface area contributed by atoms with Crippen molar-refractivity contribution in [3.05, 3.63) is 17.5 Å². The van der Waals surface area contributed by atoms with Crippen LogP contribution >= 0.6 is 0 Å². The van der Waals surface area contributed by atoms with E-state index in [-0.39, 0.29) is 24.5 Å². The van der Waals surface area contributed by atoms with E-state index in [0.29, 0.717) is 12.3 Å². The number of esters is 1. The topological polar surface area (TPSA) is 111 Å². The molecule has 1 rings (SSSR count). The Bertz CT molecular complexity index is 507. The van der Waals surface area contributed by atoms with Gasteiger partial charge in [0, 0.05) is 26.3 Å². The zero-order chi connectivity index (χ0) is 15.8. The maximum Gasteiger partial charge on any atom is 0.341 e. The van der Waals surface area contributed by atoms with E-state index in [1.807, 2.05) is 0 Å². The van der Waals surface area contributed by atoms with Crippen LogP contribution in [0.1, 0.15) is 29.4 Å². The molecule has 2 N–H and O–H groups in total. The summed E-state index contributed by atoms with van der Waals surface area (Å²) in [5.74, 6) is -1.39. The van der Waals surface area contributed by atoms with Gasteiger partial charge in [0.05, 0.1) is 17.9 Å². The van der Waals surface area contributed by atoms with Gasteiger partial charge >= 0.3 is 11.9 Å². The van der Waals surface area contributed by atoms with Gasteiger partial charge in [-0.15, -0.1) is 0 Å². The molecular weight excluding hydrogens is 278 g/mol. The maximum absolute atomic E-state index is 11.6. The van der Waals surface area contributed by atoms with Gasteiger partial charge in [-0.3, -0.25) is 0 Å². The molecule has 0 radical (unpaired) electrons. The third-order valence-corrected chi connectivity index (χ3v) is 2.69. The standard InChI is InChI=1S/C13H19N3O5/c1-4-21-12(19)9-7-14-13(15-8(9)2)16-10(11(17)18)5-6-20-3/h7,10H,4-6H2,1-3H3,(H,17,18)(H,14,15,16). The highest BCUT2D eigenvalue weighted by atomic mass is 16.5. The first kappa shape index (κ1) is 16.8. The van der Waals surface area contributed by atoms with Crippen LogP contribution in [0.2, 0.25) is 0 Å². The first-order valence-electron chi connectivity index (χ1n) is 6.48. The molecular formula is C13H19N3O5. The summed E-state index contributed by atoms with van der Waals surface area (Å²) in [6, 6.07) is -0.863. The van der Waals surface area contributed by atoms with E-state index in [9.17, 15) is 9.59 Å². The van der Waals surface area contributed by atoms with E-state index in [4.69, 9.17) is 14.6 Å². The number of nitrogens with zero attached hydrogens (tertiary/aromatic N) is 2. The summed E-state index contributed by atoms with van der Waals surface area (Å²) < 4.78 is 9.73. The number of methoxy groups -OCH3 is 1. The average Bonchev–Trinajstić information content (AvgIpc) is 2.43. The van der Waals surface area contributed by atoms with Crippen LogP contribution in [0.25, 0.3) is 0 Å². The number of aromatic nitrogens is 2. The number of anilines is 1. The van der Waals surface area contributed by atoms with Gasteiger partial charge in [0.25, 0.3) is 0 Å². The predicted molar refractivity (Wildman–Crippen MR) is 74.3 cm³/mol.